The minimum absolute atomic E-state index is 0. The molecule has 0 spiro atoms. The molecule has 0 bridgehead atoms. The zero-order chi connectivity index (χ0) is 0. The Bertz CT molecular complexity index is 15.5. The molecule has 0 unspecified atom stereocenters. The molecule has 6 heavy (non-hydrogen) atoms. The first kappa shape index (κ1) is 72.6. The first-order valence-corrected chi connectivity index (χ1v) is 0. The average molecular weight is 324 g/mol. The van der Waals surface area contributed by atoms with Crippen molar-refractivity contribution in [2.24, 2.45) is 0 Å². The van der Waals surface area contributed by atoms with Crippen LogP contribution in [0.2, 0.25) is 0 Å². The Labute approximate surface area is 92.9 Å². The van der Waals surface area contributed by atoms with Gasteiger partial charge < -0.3 is 0 Å². The fourth-order valence-electron chi connectivity index (χ4n) is 0. The second kappa shape index (κ2) is 48.4. The van der Waals surface area contributed by atoms with Gasteiger partial charge in [0.2, 0.25) is 0 Å². The van der Waals surface area contributed by atoms with E-state index in [0.717, 1.165) is 0 Å². The van der Waals surface area contributed by atoms with E-state index in [1.165, 1.54) is 0 Å². The van der Waals surface area contributed by atoms with Crippen LogP contribution >= 0.6 is 0 Å². The van der Waals surface area contributed by atoms with E-state index in [0.29, 0.717) is 0 Å². The average Bonchev–Trinajstić information content (AvgIpc) is 0. The van der Waals surface area contributed by atoms with Gasteiger partial charge in [-0.05, 0) is 11.0 Å². The second-order valence-electron chi connectivity index (χ2n) is 0. The predicted octanol–water partition coefficient (Wildman–Crippen LogP) is -1.84. The van der Waals surface area contributed by atoms with Crippen LogP contribution in [0.25, 0.3) is 0 Å². The molecule has 0 aliphatic heterocycles. The van der Waals surface area contributed by atoms with Crippen molar-refractivity contribution in [2.45, 2.75) is 0 Å². The molecule has 4 radical (unpaired) electrons. The van der Waals surface area contributed by atoms with Crippen molar-refractivity contribution in [1.29, 1.82) is 0 Å². The largest absolute Gasteiger partial charge is 0.0149 e. The Kier molecular flexibility index (Phi) is 586. The Balaban J connectivity index is 0. The molecule has 0 aromatic carbocycles. The smallest absolute Gasteiger partial charge is 0 e. The fraction of sp³-hybridized carbons (Fsp3) is 0. The van der Waals surface area contributed by atoms with Gasteiger partial charge in [0.25, 0.3) is 0 Å². The quantitative estimate of drug-likeness (QED) is 0.460. The second-order valence-corrected chi connectivity index (χ2v) is 0. The van der Waals surface area contributed by atoms with Crippen molar-refractivity contribution in [3.05, 3.63) is 0 Å². The first-order valence-electron chi connectivity index (χ1n) is 0. The van der Waals surface area contributed by atoms with Crippen molar-refractivity contribution < 1.29 is 74.7 Å². The Morgan fingerprint density at radius 2 is 1.00 bits per heavy atom. The van der Waals surface area contributed by atoms with Gasteiger partial charge in [0.15, 0.2) is 0 Å². The molecule has 0 amide bonds. The molecule has 0 saturated heterocycles. The molecular formula is H4BCuFeMoSiZn. The summed E-state index contributed by atoms with van der Waals surface area (Å²) in [6.45, 7) is 0. The minimum atomic E-state index is 0. The van der Waals surface area contributed by atoms with E-state index >= 15 is 0 Å². The number of hydrogen-bond donors (Lipinski definition) is 0. The molecule has 0 atom stereocenters. The predicted molar refractivity (Wildman–Crippen MR) is 17.1 cm³/mol. The summed E-state index contributed by atoms with van der Waals surface area (Å²) in [5.41, 5.74) is 0. The topological polar surface area (TPSA) is 0 Å². The summed E-state index contributed by atoms with van der Waals surface area (Å²) in [5.74, 6) is 0. The zero-order valence-electron chi connectivity index (χ0n) is 2.35. The molecule has 0 rings (SSSR count). The van der Waals surface area contributed by atoms with Crippen molar-refractivity contribution in [1.82, 2.24) is 0 Å². The van der Waals surface area contributed by atoms with Gasteiger partial charge in [0, 0.05) is 83.1 Å². The van der Waals surface area contributed by atoms with Crippen LogP contribution in [0.5, 0.6) is 0 Å². The molecule has 0 saturated carbocycles. The maximum Gasteiger partial charge on any atom is 0 e. The Morgan fingerprint density at radius 1 is 1.00 bits per heavy atom. The first-order chi connectivity index (χ1) is 0. The molecule has 0 aliphatic carbocycles. The van der Waals surface area contributed by atoms with Crippen molar-refractivity contribution in [3.63, 3.8) is 0 Å². The summed E-state index contributed by atoms with van der Waals surface area (Å²) in [6.07, 6.45) is 0. The SMILES string of the molecule is [B].[Cu].[Fe].[Mo].[SiH4].[Zn]. The van der Waals surface area contributed by atoms with Gasteiger partial charge in [0.1, 0.15) is 0 Å². The van der Waals surface area contributed by atoms with Gasteiger partial charge in [-0.25, -0.2) is 0 Å². The zero-order valence-corrected chi connectivity index (χ0v) is 9.37. The van der Waals surface area contributed by atoms with E-state index in [2.05, 4.69) is 0 Å². The summed E-state index contributed by atoms with van der Waals surface area (Å²) in [6, 6.07) is 0. The molecule has 0 N–H and O–H groups in total. The van der Waals surface area contributed by atoms with Crippen LogP contribution in [0.15, 0.2) is 0 Å². The normalized spacial score (nSPS) is 0. The standard InChI is InChI=1S/B.Cu.Fe.Mo.H4Si.Zn/h;;;;1H4;. The number of hydrogen-bond acceptors (Lipinski definition) is 0. The molecule has 6 heteroatoms. The molecule has 38 valence electrons. The van der Waals surface area contributed by atoms with Crippen molar-refractivity contribution >= 4 is 19.4 Å². The minimum Gasteiger partial charge on any atom is -0.0149 e. The molecule has 0 nitrogen and oxygen atoms in total. The molecule has 0 aromatic heterocycles. The van der Waals surface area contributed by atoms with Crippen LogP contribution in [-0.2, 0) is 74.7 Å². The van der Waals surface area contributed by atoms with E-state index in [-0.39, 0.29) is 94.1 Å². The van der Waals surface area contributed by atoms with Crippen molar-refractivity contribution in [3.8, 4) is 0 Å². The van der Waals surface area contributed by atoms with Crippen LogP contribution in [-0.4, -0.2) is 19.4 Å². The third kappa shape index (κ3) is 30.4. The summed E-state index contributed by atoms with van der Waals surface area (Å²) in [7, 11) is 0. The third-order valence-electron chi connectivity index (χ3n) is 0. The summed E-state index contributed by atoms with van der Waals surface area (Å²) >= 11 is 0. The fourth-order valence-corrected chi connectivity index (χ4v) is 0. The van der Waals surface area contributed by atoms with Gasteiger partial charge in [-0.2, -0.15) is 0 Å². The van der Waals surface area contributed by atoms with E-state index in [4.69, 9.17) is 0 Å². The molecule has 0 aromatic rings. The maximum atomic E-state index is 0. The van der Waals surface area contributed by atoms with E-state index < -0.39 is 0 Å². The van der Waals surface area contributed by atoms with E-state index in [1.807, 2.05) is 0 Å². The van der Waals surface area contributed by atoms with Crippen LogP contribution in [0, 0.1) is 0 Å². The molecule has 0 aliphatic rings. The molecule has 0 heterocycles. The van der Waals surface area contributed by atoms with Crippen molar-refractivity contribution in [2.75, 3.05) is 0 Å². The van der Waals surface area contributed by atoms with Crippen LogP contribution in [0.3, 0.4) is 0 Å². The molecular weight excluding hydrogens is 320 g/mol. The number of rotatable bonds is 0. The van der Waals surface area contributed by atoms with Gasteiger partial charge in [-0.15, -0.1) is 0 Å². The summed E-state index contributed by atoms with van der Waals surface area (Å²) < 4.78 is 0. The Morgan fingerprint density at radius 3 is 1.00 bits per heavy atom. The Hall–Kier alpha value is 2.63. The molecule has 0 fully saturated rings. The van der Waals surface area contributed by atoms with Gasteiger partial charge >= 0.3 is 0 Å². The van der Waals surface area contributed by atoms with E-state index in [1.54, 1.807) is 0 Å². The summed E-state index contributed by atoms with van der Waals surface area (Å²) in [5, 5.41) is 0. The van der Waals surface area contributed by atoms with Gasteiger partial charge in [0.05, 0.1) is 0 Å². The van der Waals surface area contributed by atoms with Gasteiger partial charge in [-0.1, -0.05) is 0 Å². The maximum absolute atomic E-state index is 0. The third-order valence-corrected chi connectivity index (χ3v) is 0. The van der Waals surface area contributed by atoms with Crippen LogP contribution in [0.4, 0.5) is 0 Å². The summed E-state index contributed by atoms with van der Waals surface area (Å²) in [4.78, 5) is 0. The van der Waals surface area contributed by atoms with Crippen LogP contribution < -0.4 is 0 Å². The van der Waals surface area contributed by atoms with E-state index in [9.17, 15) is 0 Å². The van der Waals surface area contributed by atoms with Gasteiger partial charge in [-0.3, -0.25) is 0 Å². The monoisotopic (exact) mass is 324 g/mol. The van der Waals surface area contributed by atoms with Crippen LogP contribution in [0.1, 0.15) is 0 Å².